The summed E-state index contributed by atoms with van der Waals surface area (Å²) in [7, 11) is 3.17. The second kappa shape index (κ2) is 7.40. The summed E-state index contributed by atoms with van der Waals surface area (Å²) in [5.74, 6) is -0.413. The Labute approximate surface area is 147 Å². The number of halogens is 1. The predicted molar refractivity (Wildman–Crippen MR) is 90.3 cm³/mol. The second-order valence-electron chi connectivity index (χ2n) is 6.44. The summed E-state index contributed by atoms with van der Waals surface area (Å²) in [4.78, 5) is 17.3. The van der Waals surface area contributed by atoms with E-state index in [9.17, 15) is 4.79 Å². The molecular formula is C18H24ClNO4. The molecule has 132 valence electrons. The van der Waals surface area contributed by atoms with Crippen LogP contribution in [0, 0.1) is 11.8 Å². The first-order valence-electron chi connectivity index (χ1n) is 8.42. The number of benzene rings is 1. The van der Waals surface area contributed by atoms with Gasteiger partial charge in [0, 0.05) is 29.5 Å². The summed E-state index contributed by atoms with van der Waals surface area (Å²) in [6, 6.07) is 7.69. The van der Waals surface area contributed by atoms with Gasteiger partial charge in [-0.05, 0) is 37.8 Å². The smallest absolute Gasteiger partial charge is 0.248 e. The van der Waals surface area contributed by atoms with E-state index in [1.165, 1.54) is 12.2 Å². The van der Waals surface area contributed by atoms with Crippen molar-refractivity contribution >= 4 is 17.5 Å². The molecule has 0 aromatic heterocycles. The second-order valence-corrected chi connectivity index (χ2v) is 6.87. The highest BCUT2D eigenvalue weighted by Crippen LogP contribution is 2.46. The number of hydroxylamine groups is 2. The molecule has 1 amide bonds. The first kappa shape index (κ1) is 17.7. The number of nitrogens with zero attached hydrogens (tertiary/aromatic N) is 1. The third kappa shape index (κ3) is 3.31. The lowest BCUT2D eigenvalue weighted by atomic mass is 9.75. The van der Waals surface area contributed by atoms with Crippen LogP contribution in [0.2, 0.25) is 5.02 Å². The summed E-state index contributed by atoms with van der Waals surface area (Å²) < 4.78 is 12.2. The highest BCUT2D eigenvalue weighted by molar-refractivity contribution is 6.30. The zero-order chi connectivity index (χ0) is 17.2. The van der Waals surface area contributed by atoms with Crippen LogP contribution in [0.5, 0.6) is 0 Å². The van der Waals surface area contributed by atoms with Gasteiger partial charge in [-0.25, -0.2) is 5.06 Å². The molecule has 1 heterocycles. The van der Waals surface area contributed by atoms with Gasteiger partial charge in [0.2, 0.25) is 5.91 Å². The molecule has 0 radical (unpaired) electrons. The van der Waals surface area contributed by atoms with Crippen LogP contribution in [0.15, 0.2) is 24.3 Å². The molecular weight excluding hydrogens is 330 g/mol. The van der Waals surface area contributed by atoms with Gasteiger partial charge in [0.25, 0.3) is 0 Å². The van der Waals surface area contributed by atoms with E-state index in [1.807, 2.05) is 24.3 Å². The van der Waals surface area contributed by atoms with Crippen LogP contribution in [-0.2, 0) is 24.9 Å². The molecule has 1 saturated carbocycles. The van der Waals surface area contributed by atoms with Gasteiger partial charge >= 0.3 is 0 Å². The van der Waals surface area contributed by atoms with Crippen molar-refractivity contribution in [3.8, 4) is 0 Å². The Kier molecular flexibility index (Phi) is 5.45. The Balaban J connectivity index is 1.73. The molecule has 2 aliphatic rings. The van der Waals surface area contributed by atoms with Gasteiger partial charge in [0.15, 0.2) is 5.79 Å². The van der Waals surface area contributed by atoms with Crippen LogP contribution in [0.3, 0.4) is 0 Å². The molecule has 5 nitrogen and oxygen atoms in total. The lowest BCUT2D eigenvalue weighted by Gasteiger charge is -2.40. The van der Waals surface area contributed by atoms with E-state index in [0.29, 0.717) is 18.2 Å². The van der Waals surface area contributed by atoms with Crippen molar-refractivity contribution in [3.63, 3.8) is 0 Å². The molecule has 3 rings (SSSR count). The molecule has 6 heteroatoms. The minimum atomic E-state index is -0.703. The van der Waals surface area contributed by atoms with Crippen molar-refractivity contribution in [2.24, 2.45) is 11.8 Å². The molecule has 24 heavy (non-hydrogen) atoms. The molecule has 0 N–H and O–H groups in total. The van der Waals surface area contributed by atoms with E-state index >= 15 is 0 Å². The Morgan fingerprint density at radius 3 is 2.29 bits per heavy atom. The molecule has 0 bridgehead atoms. The van der Waals surface area contributed by atoms with Crippen LogP contribution in [0.4, 0.5) is 0 Å². The van der Waals surface area contributed by atoms with Gasteiger partial charge < -0.3 is 9.47 Å². The summed E-state index contributed by atoms with van der Waals surface area (Å²) in [6.45, 7) is 1.18. The first-order chi connectivity index (χ1) is 11.6. The number of hydrogen-bond donors (Lipinski definition) is 0. The van der Waals surface area contributed by atoms with E-state index in [4.69, 9.17) is 25.9 Å². The number of ether oxygens (including phenoxy) is 2. The predicted octanol–water partition coefficient (Wildman–Crippen LogP) is 3.37. The Hall–Kier alpha value is -1.14. The number of hydrogen-bond acceptors (Lipinski definition) is 4. The topological polar surface area (TPSA) is 48.0 Å². The maximum absolute atomic E-state index is 12.3. The van der Waals surface area contributed by atoms with Crippen molar-refractivity contribution in [3.05, 3.63) is 34.9 Å². The zero-order valence-electron chi connectivity index (χ0n) is 14.2. The van der Waals surface area contributed by atoms with E-state index in [1.54, 1.807) is 7.05 Å². The number of carbonyl (C=O) groups excluding carboxylic acids is 1. The number of carbonyl (C=O) groups is 1. The lowest BCUT2D eigenvalue weighted by molar-refractivity contribution is -0.215. The molecule has 0 atom stereocenters. The normalized spacial score (nSPS) is 26.3. The highest BCUT2D eigenvalue weighted by atomic mass is 35.5. The van der Waals surface area contributed by atoms with Crippen molar-refractivity contribution < 1.29 is 19.1 Å². The Morgan fingerprint density at radius 2 is 1.75 bits per heavy atom. The van der Waals surface area contributed by atoms with Crippen LogP contribution < -0.4 is 0 Å². The summed E-state index contributed by atoms with van der Waals surface area (Å²) >= 11 is 6.01. The molecule has 1 saturated heterocycles. The van der Waals surface area contributed by atoms with Crippen molar-refractivity contribution in [1.82, 2.24) is 5.06 Å². The number of rotatable bonds is 4. The third-order valence-corrected chi connectivity index (χ3v) is 5.41. The van der Waals surface area contributed by atoms with Crippen LogP contribution in [0.1, 0.15) is 31.2 Å². The van der Waals surface area contributed by atoms with E-state index < -0.39 is 5.79 Å². The fraction of sp³-hybridized carbons (Fsp3) is 0.611. The average molecular weight is 354 g/mol. The first-order valence-corrected chi connectivity index (χ1v) is 8.80. The highest BCUT2D eigenvalue weighted by Gasteiger charge is 2.47. The molecule has 0 spiro atoms. The minimum absolute atomic E-state index is 0.00914. The maximum atomic E-state index is 12.3. The molecule has 2 fully saturated rings. The Bertz CT molecular complexity index is 563. The average Bonchev–Trinajstić information content (AvgIpc) is 3.12. The number of amides is 1. The van der Waals surface area contributed by atoms with Gasteiger partial charge in [-0.1, -0.05) is 23.7 Å². The zero-order valence-corrected chi connectivity index (χ0v) is 14.9. The molecule has 0 unspecified atom stereocenters. The SMILES string of the molecule is CON(C)C(=O)[C@H]1CC[C@@H](C2(c3ccc(Cl)cc3)OCCO2)CC1. The third-order valence-electron chi connectivity index (χ3n) is 5.16. The van der Waals surface area contributed by atoms with Gasteiger partial charge in [-0.3, -0.25) is 9.63 Å². The van der Waals surface area contributed by atoms with Gasteiger partial charge in [-0.15, -0.1) is 0 Å². The molecule has 1 aromatic carbocycles. The maximum Gasteiger partial charge on any atom is 0.248 e. The lowest BCUT2D eigenvalue weighted by Crippen LogP contribution is -2.41. The summed E-state index contributed by atoms with van der Waals surface area (Å²) in [5.41, 5.74) is 1.01. The fourth-order valence-corrected chi connectivity index (χ4v) is 3.94. The van der Waals surface area contributed by atoms with Crippen molar-refractivity contribution in [2.45, 2.75) is 31.5 Å². The van der Waals surface area contributed by atoms with Gasteiger partial charge in [0.1, 0.15) is 0 Å². The van der Waals surface area contributed by atoms with Crippen LogP contribution >= 0.6 is 11.6 Å². The van der Waals surface area contributed by atoms with E-state index in [0.717, 1.165) is 31.2 Å². The summed E-state index contributed by atoms with van der Waals surface area (Å²) in [5, 5.41) is 2.02. The Morgan fingerprint density at radius 1 is 1.17 bits per heavy atom. The van der Waals surface area contributed by atoms with Crippen molar-refractivity contribution in [2.75, 3.05) is 27.4 Å². The largest absolute Gasteiger partial charge is 0.343 e. The summed E-state index contributed by atoms with van der Waals surface area (Å²) in [6.07, 6.45) is 3.41. The van der Waals surface area contributed by atoms with E-state index in [2.05, 4.69) is 0 Å². The quantitative estimate of drug-likeness (QED) is 0.779. The van der Waals surface area contributed by atoms with Crippen molar-refractivity contribution in [1.29, 1.82) is 0 Å². The van der Waals surface area contributed by atoms with Gasteiger partial charge in [-0.2, -0.15) is 0 Å². The monoisotopic (exact) mass is 353 g/mol. The fourth-order valence-electron chi connectivity index (χ4n) is 3.82. The van der Waals surface area contributed by atoms with Gasteiger partial charge in [0.05, 0.1) is 20.3 Å². The molecule has 1 aromatic rings. The molecule has 1 aliphatic carbocycles. The molecule has 1 aliphatic heterocycles. The van der Waals surface area contributed by atoms with E-state index in [-0.39, 0.29) is 17.7 Å². The van der Waals surface area contributed by atoms with Crippen LogP contribution in [0.25, 0.3) is 0 Å². The minimum Gasteiger partial charge on any atom is -0.343 e. The standard InChI is InChI=1S/C18H24ClNO4/c1-20(22-2)17(21)13-3-5-14(6-4-13)18(23-11-12-24-18)15-7-9-16(19)10-8-15/h7-10,13-14H,3-6,11-12H2,1-2H3/t13-,14+. The van der Waals surface area contributed by atoms with Crippen LogP contribution in [-0.4, -0.2) is 38.3 Å².